The molecule has 4 saturated carbocycles. The van der Waals surface area contributed by atoms with Gasteiger partial charge in [0.1, 0.15) is 12.6 Å². The largest absolute Gasteiger partial charge is 0.447 e. The first kappa shape index (κ1) is 18.5. The zero-order valence-electron chi connectivity index (χ0n) is 16.4. The lowest BCUT2D eigenvalue weighted by Crippen LogP contribution is -2.57. The second-order valence-corrected chi connectivity index (χ2v) is 9.52. The van der Waals surface area contributed by atoms with Crippen LogP contribution in [0.1, 0.15) is 44.1 Å². The van der Waals surface area contributed by atoms with Crippen molar-refractivity contribution in [2.45, 2.75) is 57.0 Å². The Kier molecular flexibility index (Phi) is 4.50. The Bertz CT molecular complexity index is 829. The fourth-order valence-corrected chi connectivity index (χ4v) is 6.90. The maximum absolute atomic E-state index is 13.6. The van der Waals surface area contributed by atoms with Crippen molar-refractivity contribution in [2.75, 3.05) is 6.61 Å². The van der Waals surface area contributed by atoms with Gasteiger partial charge in [0, 0.05) is 4.91 Å². The van der Waals surface area contributed by atoms with Crippen molar-refractivity contribution in [1.29, 1.82) is 0 Å². The van der Waals surface area contributed by atoms with Crippen molar-refractivity contribution < 1.29 is 14.3 Å². The summed E-state index contributed by atoms with van der Waals surface area (Å²) in [4.78, 5) is 30.4. The van der Waals surface area contributed by atoms with Gasteiger partial charge in [-0.3, -0.25) is 4.79 Å². The van der Waals surface area contributed by atoms with Crippen LogP contribution in [0.4, 0.5) is 4.79 Å². The number of amides is 2. The zero-order chi connectivity index (χ0) is 20.0. The van der Waals surface area contributed by atoms with Crippen LogP contribution in [0.15, 0.2) is 35.4 Å². The molecule has 1 saturated heterocycles. The van der Waals surface area contributed by atoms with Gasteiger partial charge in [0.05, 0.1) is 6.04 Å². The molecule has 0 radical (unpaired) electrons. The number of carbonyl (C=O) groups excluding carboxylic acids is 2. The lowest BCUT2D eigenvalue weighted by Gasteiger charge is -2.58. The maximum Gasteiger partial charge on any atom is 0.416 e. The Morgan fingerprint density at radius 3 is 2.38 bits per heavy atom. The van der Waals surface area contributed by atoms with E-state index in [2.05, 4.69) is 10.0 Å². The van der Waals surface area contributed by atoms with Gasteiger partial charge in [-0.15, -0.1) is 0 Å². The molecule has 7 heteroatoms. The molecule has 29 heavy (non-hydrogen) atoms. The summed E-state index contributed by atoms with van der Waals surface area (Å²) in [6.07, 6.45) is 6.43. The van der Waals surface area contributed by atoms with E-state index < -0.39 is 12.1 Å². The first-order valence-corrected chi connectivity index (χ1v) is 10.7. The molecule has 7 nitrogen and oxygen atoms in total. The molecule has 1 heterocycles. The fraction of sp³-hybridized carbons (Fsp3) is 0.636. The minimum absolute atomic E-state index is 0.184. The van der Waals surface area contributed by atoms with Crippen LogP contribution in [0, 0.1) is 23.2 Å². The predicted molar refractivity (Wildman–Crippen MR) is 106 cm³/mol. The summed E-state index contributed by atoms with van der Waals surface area (Å²) < 4.78 is 5.25. The van der Waals surface area contributed by atoms with Crippen LogP contribution in [-0.2, 0) is 16.0 Å². The molecule has 2 atom stereocenters. The van der Waals surface area contributed by atoms with Gasteiger partial charge < -0.3 is 4.74 Å². The molecule has 1 aromatic carbocycles. The van der Waals surface area contributed by atoms with E-state index in [1.807, 2.05) is 30.3 Å². The number of carbonyl (C=O) groups is 2. The third-order valence-electron chi connectivity index (χ3n) is 7.58. The van der Waals surface area contributed by atoms with Gasteiger partial charge in [0.25, 0.3) is 0 Å². The van der Waals surface area contributed by atoms with Gasteiger partial charge in [0.15, 0.2) is 0 Å². The summed E-state index contributed by atoms with van der Waals surface area (Å²) in [5, 5.41) is 4.02. The number of ether oxygens (including phenoxy) is 1. The van der Waals surface area contributed by atoms with Crippen molar-refractivity contribution in [1.82, 2.24) is 4.90 Å². The summed E-state index contributed by atoms with van der Waals surface area (Å²) >= 11 is 0. The minimum atomic E-state index is -0.815. The molecule has 6 rings (SSSR count). The highest BCUT2D eigenvalue weighted by Gasteiger charge is 2.57. The van der Waals surface area contributed by atoms with Crippen molar-refractivity contribution in [3.05, 3.63) is 46.3 Å². The summed E-state index contributed by atoms with van der Waals surface area (Å²) in [5.41, 5.74) is 10.0. The van der Waals surface area contributed by atoms with Crippen molar-refractivity contribution in [2.24, 2.45) is 28.3 Å². The first-order chi connectivity index (χ1) is 14.1. The Morgan fingerprint density at radius 1 is 1.17 bits per heavy atom. The molecule has 4 aliphatic carbocycles. The molecule has 1 aliphatic heterocycles. The second-order valence-electron chi connectivity index (χ2n) is 9.52. The number of hydrogen-bond acceptors (Lipinski definition) is 4. The Balaban J connectivity index is 1.43. The van der Waals surface area contributed by atoms with Crippen LogP contribution < -0.4 is 0 Å². The highest BCUT2D eigenvalue weighted by molar-refractivity contribution is 5.97. The lowest BCUT2D eigenvalue weighted by atomic mass is 9.47. The van der Waals surface area contributed by atoms with Gasteiger partial charge in [-0.25, -0.2) is 9.69 Å². The van der Waals surface area contributed by atoms with Crippen LogP contribution in [0.5, 0.6) is 0 Å². The molecule has 5 fully saturated rings. The molecule has 0 spiro atoms. The second kappa shape index (κ2) is 7.06. The number of imide groups is 1. The Labute approximate surface area is 170 Å². The normalized spacial score (nSPS) is 35.9. The number of azide groups is 1. The molecule has 0 aromatic heterocycles. The molecular formula is C22H26N4O3. The highest BCUT2D eigenvalue weighted by atomic mass is 16.6. The summed E-state index contributed by atoms with van der Waals surface area (Å²) in [6, 6.07) is 8.61. The molecule has 0 N–H and O–H groups in total. The number of rotatable bonds is 5. The predicted octanol–water partition coefficient (Wildman–Crippen LogP) is 4.47. The molecule has 2 amide bonds. The zero-order valence-corrected chi connectivity index (χ0v) is 16.4. The average Bonchev–Trinajstić information content (AvgIpc) is 3.05. The lowest BCUT2D eigenvalue weighted by molar-refractivity contribution is -0.140. The van der Waals surface area contributed by atoms with E-state index in [1.54, 1.807) is 0 Å². The van der Waals surface area contributed by atoms with Gasteiger partial charge in [0.2, 0.25) is 5.91 Å². The molecular weight excluding hydrogens is 368 g/mol. The highest BCUT2D eigenvalue weighted by Crippen LogP contribution is 2.62. The standard InChI is InChI=1S/C22H26N4O3/c23-25-24-19(22-10-15-6-16(11-22)8-17(7-15)12-22)20(27)26-18(13-29-21(26)28)9-14-4-2-1-3-5-14/h1-5,15-19H,6-13H2/t15?,16?,17?,18?,19-,22?/m1/s1. The first-order valence-electron chi connectivity index (χ1n) is 10.7. The Hall–Kier alpha value is -2.53. The monoisotopic (exact) mass is 394 g/mol. The molecule has 1 aromatic rings. The van der Waals surface area contributed by atoms with Gasteiger partial charge in [-0.2, -0.15) is 0 Å². The quantitative estimate of drug-likeness (QED) is 0.419. The van der Waals surface area contributed by atoms with Crippen molar-refractivity contribution in [3.8, 4) is 0 Å². The van der Waals surface area contributed by atoms with E-state index >= 15 is 0 Å². The third kappa shape index (κ3) is 3.18. The van der Waals surface area contributed by atoms with Crippen LogP contribution in [-0.4, -0.2) is 35.6 Å². The fourth-order valence-electron chi connectivity index (χ4n) is 6.90. The van der Waals surface area contributed by atoms with Crippen LogP contribution in [0.25, 0.3) is 10.4 Å². The van der Waals surface area contributed by atoms with Gasteiger partial charge in [-0.1, -0.05) is 35.4 Å². The number of benzene rings is 1. The number of nitrogens with zero attached hydrogens (tertiary/aromatic N) is 4. The molecule has 152 valence electrons. The maximum atomic E-state index is 13.6. The van der Waals surface area contributed by atoms with E-state index in [-0.39, 0.29) is 24.0 Å². The van der Waals surface area contributed by atoms with E-state index in [4.69, 9.17) is 4.74 Å². The number of hydrogen-bond donors (Lipinski definition) is 0. The van der Waals surface area contributed by atoms with Crippen LogP contribution in [0.2, 0.25) is 0 Å². The van der Waals surface area contributed by atoms with Gasteiger partial charge in [-0.05, 0) is 79.2 Å². The summed E-state index contributed by atoms with van der Waals surface area (Å²) in [5.74, 6) is 1.50. The SMILES string of the molecule is [N-]=[N+]=N[C@H](C(=O)N1C(=O)OCC1Cc1ccccc1)C12CC3CC(CC(C3)C1)C2. The van der Waals surface area contributed by atoms with E-state index in [9.17, 15) is 15.1 Å². The average molecular weight is 394 g/mol. The Morgan fingerprint density at radius 2 is 1.79 bits per heavy atom. The minimum Gasteiger partial charge on any atom is -0.447 e. The van der Waals surface area contributed by atoms with Crippen LogP contribution >= 0.6 is 0 Å². The topological polar surface area (TPSA) is 95.4 Å². The summed E-state index contributed by atoms with van der Waals surface area (Å²) in [6.45, 7) is 0.184. The molecule has 1 unspecified atom stereocenters. The van der Waals surface area contributed by atoms with Crippen LogP contribution in [0.3, 0.4) is 0 Å². The van der Waals surface area contributed by atoms with Crippen molar-refractivity contribution in [3.63, 3.8) is 0 Å². The van der Waals surface area contributed by atoms with E-state index in [1.165, 1.54) is 24.2 Å². The van der Waals surface area contributed by atoms with Gasteiger partial charge >= 0.3 is 6.09 Å². The molecule has 4 bridgehead atoms. The third-order valence-corrected chi connectivity index (χ3v) is 7.58. The van der Waals surface area contributed by atoms with Crippen molar-refractivity contribution >= 4 is 12.0 Å². The smallest absolute Gasteiger partial charge is 0.416 e. The molecule has 5 aliphatic rings. The van der Waals surface area contributed by atoms with E-state index in [0.29, 0.717) is 24.2 Å². The number of cyclic esters (lactones) is 1. The van der Waals surface area contributed by atoms with E-state index in [0.717, 1.165) is 24.8 Å². The summed E-state index contributed by atoms with van der Waals surface area (Å²) in [7, 11) is 0.